The van der Waals surface area contributed by atoms with Gasteiger partial charge in [0.15, 0.2) is 0 Å². The summed E-state index contributed by atoms with van der Waals surface area (Å²) in [4.78, 5) is 19.1. The molecular weight excluding hydrogens is 390 g/mol. The number of imidazole rings is 1. The highest BCUT2D eigenvalue weighted by atomic mass is 16.5. The summed E-state index contributed by atoms with van der Waals surface area (Å²) >= 11 is 0. The number of hydrogen-bond donors (Lipinski definition) is 3. The van der Waals surface area contributed by atoms with Crippen LogP contribution < -0.4 is 15.4 Å². The molecule has 158 valence electrons. The monoisotopic (exact) mass is 415 g/mol. The number of fused-ring (bicyclic) bond motifs is 1. The lowest BCUT2D eigenvalue weighted by Gasteiger charge is -2.27. The van der Waals surface area contributed by atoms with Gasteiger partial charge in [-0.2, -0.15) is 0 Å². The molecule has 0 aliphatic carbocycles. The normalized spacial score (nSPS) is 14.6. The molecule has 3 aromatic heterocycles. The van der Waals surface area contributed by atoms with E-state index in [1.165, 1.54) is 5.56 Å². The van der Waals surface area contributed by atoms with E-state index in [1.54, 1.807) is 13.3 Å². The molecule has 0 bridgehead atoms. The van der Waals surface area contributed by atoms with Crippen LogP contribution in [-0.2, 0) is 6.54 Å². The van der Waals surface area contributed by atoms with E-state index in [1.807, 2.05) is 30.5 Å². The van der Waals surface area contributed by atoms with Crippen LogP contribution in [0.5, 0.6) is 5.88 Å². The molecule has 1 aliphatic rings. The van der Waals surface area contributed by atoms with Gasteiger partial charge in [0.25, 0.3) is 0 Å². The lowest BCUT2D eigenvalue weighted by atomic mass is 10.1. The molecule has 1 saturated heterocycles. The third-order valence-electron chi connectivity index (χ3n) is 5.45. The number of piperazine rings is 1. The van der Waals surface area contributed by atoms with Gasteiger partial charge in [-0.05, 0) is 47.0 Å². The Labute approximate surface area is 180 Å². The minimum Gasteiger partial charge on any atom is -0.481 e. The molecule has 0 atom stereocenters. The fourth-order valence-electron chi connectivity index (χ4n) is 3.84. The van der Waals surface area contributed by atoms with Crippen LogP contribution in [0.2, 0.25) is 0 Å². The molecule has 3 N–H and O–H groups in total. The first-order valence-electron chi connectivity index (χ1n) is 10.4. The fraction of sp³-hybridized carbons (Fsp3) is 0.261. The van der Waals surface area contributed by atoms with Crippen LogP contribution in [0, 0.1) is 0 Å². The summed E-state index contributed by atoms with van der Waals surface area (Å²) in [6.07, 6.45) is 3.59. The van der Waals surface area contributed by atoms with Crippen molar-refractivity contribution in [2.45, 2.75) is 6.54 Å². The second kappa shape index (κ2) is 8.71. The van der Waals surface area contributed by atoms with Crippen LogP contribution in [0.25, 0.3) is 22.2 Å². The zero-order valence-electron chi connectivity index (χ0n) is 17.4. The molecule has 4 heterocycles. The van der Waals surface area contributed by atoms with E-state index in [4.69, 9.17) is 4.74 Å². The predicted octanol–water partition coefficient (Wildman–Crippen LogP) is 3.18. The van der Waals surface area contributed by atoms with Crippen molar-refractivity contribution < 1.29 is 4.74 Å². The highest BCUT2D eigenvalue weighted by Gasteiger charge is 2.11. The van der Waals surface area contributed by atoms with Crippen molar-refractivity contribution in [2.75, 3.05) is 38.6 Å². The molecule has 1 aromatic carbocycles. The maximum absolute atomic E-state index is 5.24. The summed E-state index contributed by atoms with van der Waals surface area (Å²) < 4.78 is 5.24. The van der Waals surface area contributed by atoms with Crippen molar-refractivity contribution in [3.63, 3.8) is 0 Å². The smallest absolute Gasteiger partial charge is 0.213 e. The number of benzene rings is 1. The number of pyridine rings is 2. The minimum absolute atomic E-state index is 0.594. The minimum atomic E-state index is 0.594. The van der Waals surface area contributed by atoms with Gasteiger partial charge in [0, 0.05) is 51.2 Å². The van der Waals surface area contributed by atoms with Crippen molar-refractivity contribution in [1.82, 2.24) is 30.2 Å². The van der Waals surface area contributed by atoms with Crippen molar-refractivity contribution in [3.05, 3.63) is 60.4 Å². The molecule has 1 aliphatic heterocycles. The fourth-order valence-corrected chi connectivity index (χ4v) is 3.84. The largest absolute Gasteiger partial charge is 0.481 e. The molecule has 0 unspecified atom stereocenters. The Hall–Kier alpha value is -3.49. The van der Waals surface area contributed by atoms with Gasteiger partial charge in [-0.1, -0.05) is 6.07 Å². The SMILES string of the molecule is COc1cc(-c2ccc3nc(Nc4cc(CN5CCNCC5)ccn4)[nH]c3c2)ccn1. The summed E-state index contributed by atoms with van der Waals surface area (Å²) in [5.74, 6) is 2.05. The number of hydrogen-bond acceptors (Lipinski definition) is 7. The Morgan fingerprint density at radius 3 is 2.71 bits per heavy atom. The first-order valence-corrected chi connectivity index (χ1v) is 10.4. The van der Waals surface area contributed by atoms with Crippen LogP contribution in [0.3, 0.4) is 0 Å². The molecule has 0 spiro atoms. The first kappa shape index (κ1) is 19.5. The van der Waals surface area contributed by atoms with Crippen molar-refractivity contribution in [1.29, 1.82) is 0 Å². The second-order valence-electron chi connectivity index (χ2n) is 7.60. The standard InChI is InChI=1S/C23H25N7O/c1-31-22-14-18(5-7-26-22)17-2-3-19-20(13-17)28-23(27-19)29-21-12-16(4-6-25-21)15-30-10-8-24-9-11-30/h2-7,12-14,24H,8-11,15H2,1H3,(H2,25,27,28,29). The highest BCUT2D eigenvalue weighted by molar-refractivity contribution is 5.84. The van der Waals surface area contributed by atoms with E-state index >= 15 is 0 Å². The van der Waals surface area contributed by atoms with Gasteiger partial charge in [-0.25, -0.2) is 15.0 Å². The molecule has 0 radical (unpaired) electrons. The lowest BCUT2D eigenvalue weighted by molar-refractivity contribution is 0.233. The van der Waals surface area contributed by atoms with E-state index in [0.29, 0.717) is 11.8 Å². The number of rotatable bonds is 6. The molecular formula is C23H25N7O. The molecule has 8 heteroatoms. The van der Waals surface area contributed by atoms with E-state index in [0.717, 1.165) is 60.7 Å². The molecule has 4 aromatic rings. The van der Waals surface area contributed by atoms with Crippen LogP contribution >= 0.6 is 0 Å². The number of methoxy groups -OCH3 is 1. The van der Waals surface area contributed by atoms with Gasteiger partial charge >= 0.3 is 0 Å². The van der Waals surface area contributed by atoms with Gasteiger partial charge in [0.1, 0.15) is 5.82 Å². The molecule has 0 saturated carbocycles. The average Bonchev–Trinajstić information content (AvgIpc) is 3.21. The molecule has 31 heavy (non-hydrogen) atoms. The Kier molecular flexibility index (Phi) is 5.47. The second-order valence-corrected chi connectivity index (χ2v) is 7.60. The predicted molar refractivity (Wildman–Crippen MR) is 122 cm³/mol. The van der Waals surface area contributed by atoms with Crippen molar-refractivity contribution >= 4 is 22.8 Å². The van der Waals surface area contributed by atoms with Crippen LogP contribution in [0.1, 0.15) is 5.56 Å². The topological polar surface area (TPSA) is 91.0 Å². The Bertz CT molecular complexity index is 1180. The molecule has 5 rings (SSSR count). The van der Waals surface area contributed by atoms with Crippen molar-refractivity contribution in [2.24, 2.45) is 0 Å². The van der Waals surface area contributed by atoms with Crippen LogP contribution in [0.15, 0.2) is 54.9 Å². The number of nitrogens with one attached hydrogen (secondary N) is 3. The summed E-state index contributed by atoms with van der Waals surface area (Å²) in [5.41, 5.74) is 5.20. The number of ether oxygens (including phenoxy) is 1. The van der Waals surface area contributed by atoms with E-state index in [2.05, 4.69) is 53.7 Å². The molecule has 8 nitrogen and oxygen atoms in total. The Morgan fingerprint density at radius 2 is 1.84 bits per heavy atom. The van der Waals surface area contributed by atoms with E-state index in [9.17, 15) is 0 Å². The van der Waals surface area contributed by atoms with Crippen LogP contribution in [-0.4, -0.2) is 58.1 Å². The van der Waals surface area contributed by atoms with Gasteiger partial charge in [-0.3, -0.25) is 4.90 Å². The van der Waals surface area contributed by atoms with Crippen LogP contribution in [0.4, 0.5) is 11.8 Å². The third kappa shape index (κ3) is 4.50. The number of aromatic amines is 1. The van der Waals surface area contributed by atoms with Crippen molar-refractivity contribution in [3.8, 4) is 17.0 Å². The number of aromatic nitrogens is 4. The lowest BCUT2D eigenvalue weighted by Crippen LogP contribution is -2.42. The summed E-state index contributed by atoms with van der Waals surface area (Å²) in [6.45, 7) is 5.16. The Morgan fingerprint density at radius 1 is 1.00 bits per heavy atom. The zero-order valence-corrected chi connectivity index (χ0v) is 17.4. The summed E-state index contributed by atoms with van der Waals surface area (Å²) in [6, 6.07) is 14.2. The average molecular weight is 416 g/mol. The zero-order chi connectivity index (χ0) is 21.0. The number of H-pyrrole nitrogens is 1. The highest BCUT2D eigenvalue weighted by Crippen LogP contribution is 2.26. The summed E-state index contributed by atoms with van der Waals surface area (Å²) in [7, 11) is 1.62. The maximum Gasteiger partial charge on any atom is 0.213 e. The Balaban J connectivity index is 1.34. The molecule has 0 amide bonds. The van der Waals surface area contributed by atoms with Gasteiger partial charge in [-0.15, -0.1) is 0 Å². The first-order chi connectivity index (χ1) is 15.3. The van der Waals surface area contributed by atoms with Gasteiger partial charge in [0.2, 0.25) is 11.8 Å². The summed E-state index contributed by atoms with van der Waals surface area (Å²) in [5, 5.41) is 6.70. The van der Waals surface area contributed by atoms with E-state index < -0.39 is 0 Å². The van der Waals surface area contributed by atoms with E-state index in [-0.39, 0.29) is 0 Å². The van der Waals surface area contributed by atoms with Gasteiger partial charge in [0.05, 0.1) is 18.1 Å². The quantitative estimate of drug-likeness (QED) is 0.446. The third-order valence-corrected chi connectivity index (χ3v) is 5.45. The number of nitrogens with zero attached hydrogens (tertiary/aromatic N) is 4. The number of anilines is 2. The maximum atomic E-state index is 5.24. The molecule has 1 fully saturated rings. The van der Waals surface area contributed by atoms with Gasteiger partial charge < -0.3 is 20.4 Å².